The van der Waals surface area contributed by atoms with Gasteiger partial charge in [0.1, 0.15) is 0 Å². The van der Waals surface area contributed by atoms with E-state index in [4.69, 9.17) is 4.74 Å². The third-order valence-electron chi connectivity index (χ3n) is 3.41. The van der Waals surface area contributed by atoms with Gasteiger partial charge in [0.05, 0.1) is 10.5 Å². The van der Waals surface area contributed by atoms with Crippen molar-refractivity contribution in [3.05, 3.63) is 29.3 Å². The Balaban J connectivity index is 3.01. The molecule has 134 valence electrons. The molecule has 1 N–H and O–H groups in total. The largest absolute Gasteiger partial charge is 0.449 e. The van der Waals surface area contributed by atoms with E-state index >= 15 is 0 Å². The lowest BCUT2D eigenvalue weighted by Gasteiger charge is -2.16. The summed E-state index contributed by atoms with van der Waals surface area (Å²) < 4.78 is 30.6. The quantitative estimate of drug-likeness (QED) is 0.744. The van der Waals surface area contributed by atoms with Crippen LogP contribution in [0.3, 0.4) is 0 Å². The molecule has 0 fully saturated rings. The minimum atomic E-state index is -3.66. The summed E-state index contributed by atoms with van der Waals surface area (Å²) in [5.74, 6) is -1.12. The summed E-state index contributed by atoms with van der Waals surface area (Å²) in [5, 5.41) is 2.64. The fourth-order valence-electron chi connectivity index (χ4n) is 1.86. The van der Waals surface area contributed by atoms with Crippen LogP contribution in [0.5, 0.6) is 0 Å². The highest BCUT2D eigenvalue weighted by atomic mass is 32.2. The first-order chi connectivity index (χ1) is 11.1. The maximum atomic E-state index is 12.3. The van der Waals surface area contributed by atoms with Gasteiger partial charge in [0.15, 0.2) is 6.10 Å². The van der Waals surface area contributed by atoms with E-state index in [2.05, 4.69) is 5.32 Å². The Morgan fingerprint density at radius 1 is 1.29 bits per heavy atom. The number of rotatable bonds is 7. The number of hydrogen-bond acceptors (Lipinski definition) is 5. The Labute approximate surface area is 143 Å². The van der Waals surface area contributed by atoms with E-state index in [0.717, 1.165) is 10.7 Å². The fourth-order valence-corrected chi connectivity index (χ4v) is 2.79. The normalized spacial score (nSPS) is 12.8. The van der Waals surface area contributed by atoms with E-state index < -0.39 is 22.1 Å². The number of esters is 1. The zero-order valence-corrected chi connectivity index (χ0v) is 15.4. The molecule has 1 aromatic rings. The van der Waals surface area contributed by atoms with E-state index in [1.54, 1.807) is 6.92 Å². The Morgan fingerprint density at radius 2 is 1.92 bits per heavy atom. The number of carbonyl (C=O) groups excluding carboxylic acids is 2. The summed E-state index contributed by atoms with van der Waals surface area (Å²) >= 11 is 0. The van der Waals surface area contributed by atoms with Gasteiger partial charge < -0.3 is 10.1 Å². The summed E-state index contributed by atoms with van der Waals surface area (Å²) in [7, 11) is -0.840. The van der Waals surface area contributed by atoms with Crippen molar-refractivity contribution in [2.75, 3.05) is 20.6 Å². The molecule has 0 saturated carbocycles. The number of ether oxygens (including phenoxy) is 1. The van der Waals surface area contributed by atoms with Gasteiger partial charge in [-0.15, -0.1) is 0 Å². The van der Waals surface area contributed by atoms with Crippen LogP contribution in [0, 0.1) is 6.92 Å². The number of aryl methyl sites for hydroxylation is 1. The van der Waals surface area contributed by atoms with Gasteiger partial charge in [-0.25, -0.2) is 17.5 Å². The molecule has 0 radical (unpaired) electrons. The molecule has 0 aliphatic heterocycles. The number of sulfonamides is 1. The zero-order chi connectivity index (χ0) is 18.5. The minimum Gasteiger partial charge on any atom is -0.449 e. The molecule has 0 bridgehead atoms. The Kier molecular flexibility index (Phi) is 6.92. The fraction of sp³-hybridized carbons (Fsp3) is 0.500. The van der Waals surface area contributed by atoms with E-state index in [1.807, 2.05) is 6.92 Å². The molecule has 1 aromatic carbocycles. The van der Waals surface area contributed by atoms with Crippen LogP contribution in [0.4, 0.5) is 0 Å². The molecule has 24 heavy (non-hydrogen) atoms. The van der Waals surface area contributed by atoms with Crippen LogP contribution in [0.1, 0.15) is 36.2 Å². The molecule has 0 saturated heterocycles. The molecular formula is C16H24N2O5S. The van der Waals surface area contributed by atoms with Crippen molar-refractivity contribution in [3.63, 3.8) is 0 Å². The van der Waals surface area contributed by atoms with Gasteiger partial charge in [-0.05, 0) is 38.0 Å². The molecule has 0 spiro atoms. The predicted molar refractivity (Wildman–Crippen MR) is 90.2 cm³/mol. The lowest BCUT2D eigenvalue weighted by atomic mass is 10.1. The lowest BCUT2D eigenvalue weighted by molar-refractivity contribution is -0.129. The molecular weight excluding hydrogens is 332 g/mol. The highest BCUT2D eigenvalue weighted by Gasteiger charge is 2.23. The maximum Gasteiger partial charge on any atom is 0.339 e. The standard InChI is InChI=1S/C16H24N2O5S/c1-6-9-17-15(19)12(3)23-16(20)14-10-13(8-7-11(14)2)24(21,22)18(4)5/h7-8,10,12H,6,9H2,1-5H3,(H,17,19)/t12-/m0/s1. The Morgan fingerprint density at radius 3 is 2.46 bits per heavy atom. The molecule has 1 amide bonds. The summed E-state index contributed by atoms with van der Waals surface area (Å²) in [6.45, 7) is 5.55. The highest BCUT2D eigenvalue weighted by molar-refractivity contribution is 7.89. The van der Waals surface area contributed by atoms with E-state index in [0.29, 0.717) is 12.1 Å². The molecule has 0 heterocycles. The first kappa shape index (κ1) is 20.1. The molecule has 0 aromatic heterocycles. The van der Waals surface area contributed by atoms with Gasteiger partial charge in [-0.3, -0.25) is 4.79 Å². The van der Waals surface area contributed by atoms with Gasteiger partial charge in [-0.1, -0.05) is 13.0 Å². The zero-order valence-electron chi connectivity index (χ0n) is 14.6. The van der Waals surface area contributed by atoms with Gasteiger partial charge in [0.25, 0.3) is 5.91 Å². The number of benzene rings is 1. The highest BCUT2D eigenvalue weighted by Crippen LogP contribution is 2.19. The van der Waals surface area contributed by atoms with Gasteiger partial charge in [0, 0.05) is 20.6 Å². The molecule has 8 heteroatoms. The smallest absolute Gasteiger partial charge is 0.339 e. The van der Waals surface area contributed by atoms with Crippen LogP contribution in [0.2, 0.25) is 0 Å². The molecule has 0 unspecified atom stereocenters. The minimum absolute atomic E-state index is 0.00635. The summed E-state index contributed by atoms with van der Waals surface area (Å²) in [5.41, 5.74) is 0.687. The van der Waals surface area contributed by atoms with Crippen LogP contribution in [0.25, 0.3) is 0 Å². The lowest BCUT2D eigenvalue weighted by Crippen LogP contribution is -2.36. The van der Waals surface area contributed by atoms with Gasteiger partial charge >= 0.3 is 5.97 Å². The van der Waals surface area contributed by atoms with Gasteiger partial charge in [-0.2, -0.15) is 0 Å². The van der Waals surface area contributed by atoms with E-state index in [-0.39, 0.29) is 16.4 Å². The monoisotopic (exact) mass is 356 g/mol. The van der Waals surface area contributed by atoms with Crippen molar-refractivity contribution in [2.24, 2.45) is 0 Å². The second-order valence-electron chi connectivity index (χ2n) is 5.60. The second-order valence-corrected chi connectivity index (χ2v) is 7.75. The van der Waals surface area contributed by atoms with Crippen molar-refractivity contribution in [1.82, 2.24) is 9.62 Å². The summed E-state index contributed by atoms with van der Waals surface area (Å²) in [6, 6.07) is 4.23. The third kappa shape index (κ3) is 4.78. The second kappa shape index (κ2) is 8.25. The topological polar surface area (TPSA) is 92.8 Å². The Bertz CT molecular complexity index is 713. The van der Waals surface area contributed by atoms with Crippen LogP contribution < -0.4 is 5.32 Å². The van der Waals surface area contributed by atoms with Crippen LogP contribution in [0.15, 0.2) is 23.1 Å². The number of nitrogens with zero attached hydrogens (tertiary/aromatic N) is 1. The average molecular weight is 356 g/mol. The molecule has 7 nitrogen and oxygen atoms in total. The number of nitrogens with one attached hydrogen (secondary N) is 1. The molecule has 0 aliphatic carbocycles. The maximum absolute atomic E-state index is 12.3. The van der Waals surface area contributed by atoms with E-state index in [9.17, 15) is 18.0 Å². The van der Waals surface area contributed by atoms with Crippen molar-refractivity contribution in [1.29, 1.82) is 0 Å². The first-order valence-electron chi connectivity index (χ1n) is 7.63. The van der Waals surface area contributed by atoms with Gasteiger partial charge in [0.2, 0.25) is 10.0 Å². The Hall–Kier alpha value is -1.93. The summed E-state index contributed by atoms with van der Waals surface area (Å²) in [6.07, 6.45) is -0.187. The molecule has 1 rings (SSSR count). The third-order valence-corrected chi connectivity index (χ3v) is 5.22. The van der Waals surface area contributed by atoms with Crippen molar-refractivity contribution >= 4 is 21.9 Å². The molecule has 1 atom stereocenters. The predicted octanol–water partition coefficient (Wildman–Crippen LogP) is 1.32. The van der Waals surface area contributed by atoms with Crippen molar-refractivity contribution in [3.8, 4) is 0 Å². The van der Waals surface area contributed by atoms with E-state index in [1.165, 1.54) is 39.2 Å². The SMILES string of the molecule is CCCNC(=O)[C@H](C)OC(=O)c1cc(S(=O)(=O)N(C)C)ccc1C. The average Bonchev–Trinajstić information content (AvgIpc) is 2.52. The summed E-state index contributed by atoms with van der Waals surface area (Å²) in [4.78, 5) is 24.1. The number of hydrogen-bond donors (Lipinski definition) is 1. The number of amides is 1. The van der Waals surface area contributed by atoms with Crippen molar-refractivity contribution < 1.29 is 22.7 Å². The first-order valence-corrected chi connectivity index (χ1v) is 9.07. The molecule has 0 aliphatic rings. The van der Waals surface area contributed by atoms with Crippen molar-refractivity contribution in [2.45, 2.75) is 38.2 Å². The number of carbonyl (C=O) groups is 2. The van der Waals surface area contributed by atoms with Crippen LogP contribution >= 0.6 is 0 Å². The van der Waals surface area contributed by atoms with Crippen LogP contribution in [-0.4, -0.2) is 51.3 Å². The van der Waals surface area contributed by atoms with Crippen LogP contribution in [-0.2, 0) is 19.6 Å².